The Morgan fingerprint density at radius 1 is 0.412 bits per heavy atom. The van der Waals surface area contributed by atoms with Gasteiger partial charge in [-0.1, -0.05) is 121 Å². The van der Waals surface area contributed by atoms with E-state index in [-0.39, 0.29) is 33.0 Å². The van der Waals surface area contributed by atoms with Gasteiger partial charge in [0.2, 0.25) is 0 Å². The second-order valence-corrected chi connectivity index (χ2v) is 12.7. The Bertz CT molecular complexity index is 1550. The Kier molecular flexibility index (Phi) is 13.7. The molecule has 2 saturated heterocycles. The predicted molar refractivity (Wildman–Crippen MR) is 185 cm³/mol. The molecule has 6 rings (SSSR count). The first-order valence-corrected chi connectivity index (χ1v) is 17.2. The van der Waals surface area contributed by atoms with Crippen LogP contribution in [0.3, 0.4) is 0 Å². The third-order valence-corrected chi connectivity index (χ3v) is 8.95. The summed E-state index contributed by atoms with van der Waals surface area (Å²) in [5.74, 6) is 0. The fourth-order valence-electron chi connectivity index (χ4n) is 6.14. The van der Waals surface area contributed by atoms with E-state index in [0.717, 1.165) is 22.3 Å². The molecule has 0 aliphatic carbocycles. The van der Waals surface area contributed by atoms with Crippen LogP contribution in [0.1, 0.15) is 22.3 Å². The smallest absolute Gasteiger partial charge is 0.187 e. The Morgan fingerprint density at radius 2 is 0.863 bits per heavy atom. The molecule has 4 N–H and O–H groups in total. The van der Waals surface area contributed by atoms with Gasteiger partial charge >= 0.3 is 0 Å². The van der Waals surface area contributed by atoms with E-state index in [0.29, 0.717) is 6.61 Å². The molecule has 0 amide bonds. The normalized spacial score (nSPS) is 29.5. The van der Waals surface area contributed by atoms with E-state index in [4.69, 9.17) is 33.2 Å². The minimum absolute atomic E-state index is 0.122. The number of aliphatic hydroxyl groups is 4. The van der Waals surface area contributed by atoms with Crippen molar-refractivity contribution in [1.82, 2.24) is 0 Å². The van der Waals surface area contributed by atoms with Gasteiger partial charge < -0.3 is 53.6 Å². The molecule has 0 aromatic heterocycles. The lowest BCUT2D eigenvalue weighted by atomic mass is 9.97. The molecule has 2 fully saturated rings. The molecule has 0 bridgehead atoms. The van der Waals surface area contributed by atoms with Crippen molar-refractivity contribution < 1.29 is 53.6 Å². The highest BCUT2D eigenvalue weighted by atomic mass is 16.7. The van der Waals surface area contributed by atoms with Crippen molar-refractivity contribution in [1.29, 1.82) is 0 Å². The zero-order valence-electron chi connectivity index (χ0n) is 28.2. The number of hydrogen-bond donors (Lipinski definition) is 4. The molecule has 4 aromatic rings. The first-order valence-electron chi connectivity index (χ1n) is 17.2. The maximum absolute atomic E-state index is 10.7. The number of ether oxygens (including phenoxy) is 7. The van der Waals surface area contributed by atoms with Crippen LogP contribution < -0.4 is 0 Å². The number of rotatable bonds is 16. The Labute approximate surface area is 297 Å². The molecule has 272 valence electrons. The van der Waals surface area contributed by atoms with E-state index in [1.807, 2.05) is 121 Å². The Morgan fingerprint density at radius 3 is 1.37 bits per heavy atom. The van der Waals surface area contributed by atoms with E-state index in [9.17, 15) is 20.4 Å². The molecule has 0 spiro atoms. The molecule has 10 atom stereocenters. The number of hydrogen-bond acceptors (Lipinski definition) is 11. The predicted octanol–water partition coefficient (Wildman–Crippen LogP) is 3.50. The summed E-state index contributed by atoms with van der Waals surface area (Å²) in [4.78, 5) is 0. The molecule has 11 heteroatoms. The summed E-state index contributed by atoms with van der Waals surface area (Å²) >= 11 is 0. The highest BCUT2D eigenvalue weighted by Crippen LogP contribution is 2.32. The van der Waals surface area contributed by atoms with Gasteiger partial charge in [-0.2, -0.15) is 0 Å². The molecule has 0 saturated carbocycles. The molecule has 11 nitrogen and oxygen atoms in total. The summed E-state index contributed by atoms with van der Waals surface area (Å²) in [5.41, 5.74) is 3.82. The summed E-state index contributed by atoms with van der Waals surface area (Å²) in [6.45, 7) is 0.862. The molecular weight excluding hydrogens is 656 g/mol. The van der Waals surface area contributed by atoms with Gasteiger partial charge in [-0.15, -0.1) is 0 Å². The van der Waals surface area contributed by atoms with Crippen LogP contribution in [-0.2, 0) is 59.6 Å². The molecule has 2 aliphatic rings. The first-order chi connectivity index (χ1) is 25.0. The van der Waals surface area contributed by atoms with Gasteiger partial charge in [-0.25, -0.2) is 0 Å². The lowest BCUT2D eigenvalue weighted by molar-refractivity contribution is -0.342. The maximum Gasteiger partial charge on any atom is 0.187 e. The SMILES string of the molecule is O[C@@H]1[C@@H](O)[C@H](O)O[C@H](CO[C@H]2O[C@H](COCc3ccccc3)[C@@H](OCc3ccccc3)[C@H](OCc3ccccc3)[C@H]2OCc2ccccc2)[C@H]1O. The number of benzene rings is 4. The van der Waals surface area contributed by atoms with Crippen LogP contribution in [0, 0.1) is 0 Å². The minimum Gasteiger partial charge on any atom is -0.387 e. The molecule has 0 unspecified atom stereocenters. The van der Waals surface area contributed by atoms with Crippen LogP contribution in [-0.4, -0.2) is 95.1 Å². The summed E-state index contributed by atoms with van der Waals surface area (Å²) < 4.78 is 44.4. The molecule has 4 aromatic carbocycles. The first kappa shape index (κ1) is 37.2. The van der Waals surface area contributed by atoms with Crippen LogP contribution in [0.2, 0.25) is 0 Å². The van der Waals surface area contributed by atoms with Crippen LogP contribution in [0.4, 0.5) is 0 Å². The lowest BCUT2D eigenvalue weighted by Gasteiger charge is -2.46. The summed E-state index contributed by atoms with van der Waals surface area (Å²) in [7, 11) is 0. The van der Waals surface area contributed by atoms with E-state index in [2.05, 4.69) is 0 Å². The van der Waals surface area contributed by atoms with Crippen molar-refractivity contribution >= 4 is 0 Å². The van der Waals surface area contributed by atoms with Crippen molar-refractivity contribution in [2.24, 2.45) is 0 Å². The van der Waals surface area contributed by atoms with Crippen molar-refractivity contribution in [3.63, 3.8) is 0 Å². The average molecular weight is 703 g/mol. The van der Waals surface area contributed by atoms with Crippen LogP contribution >= 0.6 is 0 Å². The fourth-order valence-corrected chi connectivity index (χ4v) is 6.14. The Hall–Kier alpha value is -3.56. The molecule has 51 heavy (non-hydrogen) atoms. The summed E-state index contributed by atoms with van der Waals surface area (Å²) in [5, 5.41) is 41.2. The standard InChI is InChI=1S/C40H46O11/c41-33-31(50-39(44)35(43)34(33)42)26-49-40-38(48-24-30-19-11-4-12-20-30)37(47-23-29-17-9-3-10-18-29)36(46-22-28-15-7-2-8-16-28)32(51-40)25-45-21-27-13-5-1-6-14-27/h1-20,31-44H,21-26H2/t31-,32-,33-,34+,35-,36-,37+,38-,39-,40+/m1/s1. The highest BCUT2D eigenvalue weighted by Gasteiger charge is 2.50. The van der Waals surface area contributed by atoms with Gasteiger partial charge in [0.1, 0.15) is 48.8 Å². The van der Waals surface area contributed by atoms with E-state index >= 15 is 0 Å². The van der Waals surface area contributed by atoms with Gasteiger partial charge in [-0.05, 0) is 22.3 Å². The minimum atomic E-state index is -1.72. The fraction of sp³-hybridized carbons (Fsp3) is 0.400. The van der Waals surface area contributed by atoms with Crippen molar-refractivity contribution in [3.8, 4) is 0 Å². The molecular formula is C40H46O11. The zero-order valence-corrected chi connectivity index (χ0v) is 28.2. The second kappa shape index (κ2) is 18.8. The van der Waals surface area contributed by atoms with Crippen molar-refractivity contribution in [3.05, 3.63) is 144 Å². The lowest BCUT2D eigenvalue weighted by Crippen LogP contribution is -2.63. The van der Waals surface area contributed by atoms with Crippen LogP contribution in [0.5, 0.6) is 0 Å². The van der Waals surface area contributed by atoms with E-state index < -0.39 is 61.4 Å². The average Bonchev–Trinajstić information content (AvgIpc) is 3.17. The van der Waals surface area contributed by atoms with E-state index in [1.54, 1.807) is 0 Å². The van der Waals surface area contributed by atoms with Gasteiger partial charge in [0.15, 0.2) is 12.6 Å². The van der Waals surface area contributed by atoms with Crippen molar-refractivity contribution in [2.45, 2.75) is 87.8 Å². The van der Waals surface area contributed by atoms with Gasteiger partial charge in [0.25, 0.3) is 0 Å². The topological polar surface area (TPSA) is 146 Å². The second-order valence-electron chi connectivity index (χ2n) is 12.7. The molecule has 2 heterocycles. The third kappa shape index (κ3) is 10.3. The van der Waals surface area contributed by atoms with Crippen molar-refractivity contribution in [2.75, 3.05) is 13.2 Å². The van der Waals surface area contributed by atoms with E-state index in [1.165, 1.54) is 0 Å². The van der Waals surface area contributed by atoms with Gasteiger partial charge in [-0.3, -0.25) is 0 Å². The monoisotopic (exact) mass is 702 g/mol. The van der Waals surface area contributed by atoms with Crippen LogP contribution in [0.25, 0.3) is 0 Å². The third-order valence-electron chi connectivity index (χ3n) is 8.95. The number of aliphatic hydroxyl groups excluding tert-OH is 4. The van der Waals surface area contributed by atoms with Crippen LogP contribution in [0.15, 0.2) is 121 Å². The zero-order chi connectivity index (χ0) is 35.4. The Balaban J connectivity index is 1.29. The largest absolute Gasteiger partial charge is 0.387 e. The maximum atomic E-state index is 10.7. The molecule has 0 radical (unpaired) electrons. The summed E-state index contributed by atoms with van der Waals surface area (Å²) in [6.07, 6.45) is -11.8. The highest BCUT2D eigenvalue weighted by molar-refractivity contribution is 5.16. The summed E-state index contributed by atoms with van der Waals surface area (Å²) in [6, 6.07) is 39.0. The quantitative estimate of drug-likeness (QED) is 0.136. The van der Waals surface area contributed by atoms with Gasteiger partial charge in [0.05, 0.1) is 39.6 Å². The molecule has 2 aliphatic heterocycles. The van der Waals surface area contributed by atoms with Gasteiger partial charge in [0, 0.05) is 0 Å².